The number of rotatable bonds is 3. The summed E-state index contributed by atoms with van der Waals surface area (Å²) < 4.78 is 0. The van der Waals surface area contributed by atoms with Gasteiger partial charge in [-0.05, 0) is 36.6 Å². The Morgan fingerprint density at radius 2 is 1.90 bits per heavy atom. The van der Waals surface area contributed by atoms with Crippen molar-refractivity contribution in [2.24, 2.45) is 0 Å². The maximum absolute atomic E-state index is 12.0. The fourth-order valence-electron chi connectivity index (χ4n) is 2.00. The molecular weight excluding hydrogens is 260 g/mol. The monoisotopic (exact) mass is 274 g/mol. The Morgan fingerprint density at radius 3 is 2.50 bits per heavy atom. The molecule has 1 fully saturated rings. The van der Waals surface area contributed by atoms with Crippen LogP contribution in [0.4, 0.5) is 5.82 Å². The summed E-state index contributed by atoms with van der Waals surface area (Å²) in [5.41, 5.74) is 0.572. The van der Waals surface area contributed by atoms with Gasteiger partial charge in [0, 0.05) is 25.1 Å². The quantitative estimate of drug-likeness (QED) is 0.668. The fraction of sp³-hybridized carbons (Fsp3) is 0.286. The first-order chi connectivity index (χ1) is 9.58. The van der Waals surface area contributed by atoms with Gasteiger partial charge in [0.15, 0.2) is 0 Å². The van der Waals surface area contributed by atoms with E-state index in [1.807, 2.05) is 0 Å². The van der Waals surface area contributed by atoms with Crippen molar-refractivity contribution in [3.63, 3.8) is 0 Å². The summed E-state index contributed by atoms with van der Waals surface area (Å²) in [7, 11) is 0. The van der Waals surface area contributed by atoms with Crippen molar-refractivity contribution in [2.75, 3.05) is 4.90 Å². The molecule has 2 rings (SSSR count). The van der Waals surface area contributed by atoms with Gasteiger partial charge in [0.2, 0.25) is 11.8 Å². The molecule has 0 bridgehead atoms. The number of carbonyl (C=O) groups excluding carboxylic acids is 2. The highest BCUT2D eigenvalue weighted by Crippen LogP contribution is 2.20. The number of anilines is 1. The van der Waals surface area contributed by atoms with Crippen molar-refractivity contribution >= 4 is 29.7 Å². The Kier molecular flexibility index (Phi) is 4.24. The highest BCUT2D eigenvalue weighted by Gasteiger charge is 2.26. The molecule has 1 aliphatic rings. The van der Waals surface area contributed by atoms with E-state index in [2.05, 4.69) is 4.98 Å². The number of carbonyl (C=O) groups is 3. The van der Waals surface area contributed by atoms with Gasteiger partial charge in [0.05, 0.1) is 0 Å². The van der Waals surface area contributed by atoms with Crippen LogP contribution in [-0.2, 0) is 14.4 Å². The summed E-state index contributed by atoms with van der Waals surface area (Å²) in [5, 5.41) is 8.59. The summed E-state index contributed by atoms with van der Waals surface area (Å²) in [5.74, 6) is -1.35. The average Bonchev–Trinajstić information content (AvgIpc) is 2.58. The van der Waals surface area contributed by atoms with Gasteiger partial charge in [0.1, 0.15) is 5.82 Å². The van der Waals surface area contributed by atoms with E-state index in [0.29, 0.717) is 31.2 Å². The second-order valence-electron chi connectivity index (χ2n) is 4.45. The molecule has 2 heterocycles. The zero-order valence-corrected chi connectivity index (χ0v) is 10.8. The van der Waals surface area contributed by atoms with Crippen molar-refractivity contribution in [1.82, 2.24) is 4.98 Å². The van der Waals surface area contributed by atoms with E-state index in [4.69, 9.17) is 5.11 Å². The number of amides is 2. The molecule has 0 aromatic carbocycles. The summed E-state index contributed by atoms with van der Waals surface area (Å²) in [6.45, 7) is 0. The van der Waals surface area contributed by atoms with E-state index < -0.39 is 5.97 Å². The Bertz CT molecular complexity index is 562. The molecule has 6 heteroatoms. The maximum Gasteiger partial charge on any atom is 0.328 e. The molecule has 1 aliphatic heterocycles. The third-order valence-electron chi connectivity index (χ3n) is 2.95. The number of aliphatic carboxylic acids is 1. The first kappa shape index (κ1) is 13.9. The van der Waals surface area contributed by atoms with Crippen molar-refractivity contribution in [1.29, 1.82) is 0 Å². The van der Waals surface area contributed by atoms with Crippen LogP contribution >= 0.6 is 0 Å². The molecule has 6 nitrogen and oxygen atoms in total. The second kappa shape index (κ2) is 6.10. The van der Waals surface area contributed by atoms with Gasteiger partial charge >= 0.3 is 5.97 Å². The van der Waals surface area contributed by atoms with Crippen molar-refractivity contribution in [3.8, 4) is 0 Å². The zero-order chi connectivity index (χ0) is 14.5. The lowest BCUT2D eigenvalue weighted by Crippen LogP contribution is -2.35. The minimum atomic E-state index is -1.06. The zero-order valence-electron chi connectivity index (χ0n) is 10.8. The Hall–Kier alpha value is -2.50. The van der Waals surface area contributed by atoms with Gasteiger partial charge in [-0.3, -0.25) is 9.59 Å². The molecule has 1 saturated heterocycles. The minimum absolute atomic E-state index is 0.245. The normalized spacial score (nSPS) is 16.5. The highest BCUT2D eigenvalue weighted by molar-refractivity contribution is 6.14. The molecule has 1 aromatic rings. The first-order valence-corrected chi connectivity index (χ1v) is 6.31. The molecule has 104 valence electrons. The van der Waals surface area contributed by atoms with Gasteiger partial charge in [-0.25, -0.2) is 14.7 Å². The van der Waals surface area contributed by atoms with Crippen LogP contribution in [0.2, 0.25) is 0 Å². The lowest BCUT2D eigenvalue weighted by atomic mass is 10.2. The standard InChI is InChI=1S/C14H14N2O4/c17-12-3-1-2-4-13(18)16(12)11-9-10(7-8-15-11)5-6-14(19)20/h5-9H,1-4H2,(H,19,20)/b6-5+. The number of hydrogen-bond donors (Lipinski definition) is 1. The molecular formula is C14H14N2O4. The highest BCUT2D eigenvalue weighted by atomic mass is 16.4. The predicted octanol–water partition coefficient (Wildman–Crippen LogP) is 1.61. The van der Waals surface area contributed by atoms with Crippen LogP contribution in [0.1, 0.15) is 31.2 Å². The van der Waals surface area contributed by atoms with E-state index in [0.717, 1.165) is 11.0 Å². The lowest BCUT2D eigenvalue weighted by Gasteiger charge is -2.17. The number of hydrogen-bond acceptors (Lipinski definition) is 4. The van der Waals surface area contributed by atoms with E-state index in [1.54, 1.807) is 6.07 Å². The number of carboxylic acids is 1. The summed E-state index contributed by atoms with van der Waals surface area (Å²) in [6.07, 6.45) is 5.86. The fourth-order valence-corrected chi connectivity index (χ4v) is 2.00. The third-order valence-corrected chi connectivity index (χ3v) is 2.95. The smallest absolute Gasteiger partial charge is 0.328 e. The van der Waals surface area contributed by atoms with Gasteiger partial charge in [-0.15, -0.1) is 0 Å². The Labute approximate surface area is 115 Å². The Morgan fingerprint density at radius 1 is 1.25 bits per heavy atom. The molecule has 0 aliphatic carbocycles. The molecule has 20 heavy (non-hydrogen) atoms. The number of carboxylic acid groups (broad SMARTS) is 1. The van der Waals surface area contributed by atoms with E-state index in [9.17, 15) is 14.4 Å². The van der Waals surface area contributed by atoms with E-state index >= 15 is 0 Å². The number of pyridine rings is 1. The largest absolute Gasteiger partial charge is 0.478 e. The second-order valence-corrected chi connectivity index (χ2v) is 4.45. The number of aromatic nitrogens is 1. The molecule has 0 radical (unpaired) electrons. The van der Waals surface area contributed by atoms with Crippen LogP contribution in [0.25, 0.3) is 6.08 Å². The van der Waals surface area contributed by atoms with E-state index in [-0.39, 0.29) is 17.6 Å². The first-order valence-electron chi connectivity index (χ1n) is 6.31. The van der Waals surface area contributed by atoms with Gasteiger partial charge in [-0.1, -0.05) is 0 Å². The van der Waals surface area contributed by atoms with Crippen LogP contribution in [-0.4, -0.2) is 27.9 Å². The topological polar surface area (TPSA) is 87.6 Å². The lowest BCUT2D eigenvalue weighted by molar-refractivity contribution is -0.131. The summed E-state index contributed by atoms with van der Waals surface area (Å²) >= 11 is 0. The van der Waals surface area contributed by atoms with E-state index in [1.165, 1.54) is 18.3 Å². The Balaban J connectivity index is 2.31. The molecule has 1 N–H and O–H groups in total. The van der Waals surface area contributed by atoms with Crippen LogP contribution in [0.3, 0.4) is 0 Å². The third kappa shape index (κ3) is 3.28. The number of imide groups is 1. The van der Waals surface area contributed by atoms with Crippen LogP contribution < -0.4 is 4.90 Å². The molecule has 0 spiro atoms. The molecule has 0 unspecified atom stereocenters. The van der Waals surface area contributed by atoms with Gasteiger partial charge < -0.3 is 5.11 Å². The predicted molar refractivity (Wildman–Crippen MR) is 71.9 cm³/mol. The number of nitrogens with zero attached hydrogens (tertiary/aromatic N) is 2. The molecule has 1 aromatic heterocycles. The van der Waals surface area contributed by atoms with Gasteiger partial charge in [0.25, 0.3) is 0 Å². The molecule has 2 amide bonds. The molecule has 0 atom stereocenters. The molecule has 0 saturated carbocycles. The summed E-state index contributed by atoms with van der Waals surface area (Å²) in [4.78, 5) is 39.5. The van der Waals surface area contributed by atoms with Crippen molar-refractivity contribution in [3.05, 3.63) is 30.0 Å². The van der Waals surface area contributed by atoms with Crippen molar-refractivity contribution < 1.29 is 19.5 Å². The van der Waals surface area contributed by atoms with Crippen LogP contribution in [0.15, 0.2) is 24.4 Å². The average molecular weight is 274 g/mol. The SMILES string of the molecule is O=C(O)/C=C/c1ccnc(N2C(=O)CCCCC2=O)c1. The maximum atomic E-state index is 12.0. The summed E-state index contributed by atoms with van der Waals surface area (Å²) in [6, 6.07) is 3.14. The minimum Gasteiger partial charge on any atom is -0.478 e. The van der Waals surface area contributed by atoms with Crippen LogP contribution in [0.5, 0.6) is 0 Å². The van der Waals surface area contributed by atoms with Crippen molar-refractivity contribution in [2.45, 2.75) is 25.7 Å². The van der Waals surface area contributed by atoms with Crippen LogP contribution in [0, 0.1) is 0 Å². The van der Waals surface area contributed by atoms with Gasteiger partial charge in [-0.2, -0.15) is 0 Å².